The zero-order valence-electron chi connectivity index (χ0n) is 22.4. The lowest BCUT2D eigenvalue weighted by Crippen LogP contribution is -2.47. The number of carbonyl (C=O) groups excluding carboxylic acids is 1. The summed E-state index contributed by atoms with van der Waals surface area (Å²) in [6.45, 7) is 10.1. The van der Waals surface area contributed by atoms with Crippen molar-refractivity contribution in [1.82, 2.24) is 9.46 Å². The Labute approximate surface area is 218 Å². The number of ether oxygens (including phenoxy) is 2. The number of rotatable bonds is 6. The molecule has 1 amide bonds. The van der Waals surface area contributed by atoms with Crippen molar-refractivity contribution >= 4 is 38.6 Å². The second-order valence-corrected chi connectivity index (χ2v) is 13.5. The highest BCUT2D eigenvalue weighted by Gasteiger charge is 2.53. The molecule has 2 aromatic rings. The van der Waals surface area contributed by atoms with Gasteiger partial charge in [0.15, 0.2) is 11.4 Å². The van der Waals surface area contributed by atoms with Crippen LogP contribution in [0.15, 0.2) is 21.6 Å². The molecule has 204 valence electrons. The van der Waals surface area contributed by atoms with Crippen LogP contribution in [0.5, 0.6) is 0 Å². The fourth-order valence-corrected chi connectivity index (χ4v) is 7.00. The Morgan fingerprint density at radius 2 is 1.76 bits per heavy atom. The molecule has 37 heavy (non-hydrogen) atoms. The van der Waals surface area contributed by atoms with Crippen LogP contribution in [0.25, 0.3) is 11.0 Å². The SMILES string of the molecule is COC1CCN(c2cc(S(=O)(=O)N(C(=O)OC(C)(C)C)C3(C)CC3)cc3c(N4CCCC4)noc23)CC1. The van der Waals surface area contributed by atoms with Crippen molar-refractivity contribution in [1.29, 1.82) is 0 Å². The van der Waals surface area contributed by atoms with Gasteiger partial charge in [0, 0.05) is 33.3 Å². The van der Waals surface area contributed by atoms with Gasteiger partial charge in [0.05, 0.1) is 27.6 Å². The van der Waals surface area contributed by atoms with Gasteiger partial charge in [0.25, 0.3) is 10.0 Å². The molecule has 0 unspecified atom stereocenters. The maximum atomic E-state index is 14.2. The Morgan fingerprint density at radius 1 is 1.11 bits per heavy atom. The van der Waals surface area contributed by atoms with Crippen LogP contribution in [-0.2, 0) is 19.5 Å². The first kappa shape index (κ1) is 26.1. The molecule has 2 aliphatic heterocycles. The molecule has 2 saturated heterocycles. The summed E-state index contributed by atoms with van der Waals surface area (Å²) in [7, 11) is -2.52. The van der Waals surface area contributed by atoms with E-state index in [1.807, 2.05) is 0 Å². The van der Waals surface area contributed by atoms with Crippen molar-refractivity contribution < 1.29 is 27.2 Å². The monoisotopic (exact) mass is 534 g/mol. The summed E-state index contributed by atoms with van der Waals surface area (Å²) in [6, 6.07) is 3.25. The van der Waals surface area contributed by atoms with Crippen molar-refractivity contribution in [2.24, 2.45) is 0 Å². The Hall–Kier alpha value is -2.53. The van der Waals surface area contributed by atoms with Crippen LogP contribution in [0, 0.1) is 0 Å². The average molecular weight is 535 g/mol. The van der Waals surface area contributed by atoms with Crippen LogP contribution in [0.4, 0.5) is 16.3 Å². The van der Waals surface area contributed by atoms with Gasteiger partial charge in [-0.25, -0.2) is 13.2 Å². The van der Waals surface area contributed by atoms with E-state index in [1.165, 1.54) is 0 Å². The lowest BCUT2D eigenvalue weighted by molar-refractivity contribution is 0.0331. The van der Waals surface area contributed by atoms with Gasteiger partial charge >= 0.3 is 6.09 Å². The minimum absolute atomic E-state index is 0.0477. The van der Waals surface area contributed by atoms with E-state index < -0.39 is 27.3 Å². The Bertz CT molecular complexity index is 1270. The first-order chi connectivity index (χ1) is 17.4. The van der Waals surface area contributed by atoms with Crippen molar-refractivity contribution in [3.63, 3.8) is 0 Å². The van der Waals surface area contributed by atoms with E-state index >= 15 is 0 Å². The Morgan fingerprint density at radius 3 is 2.32 bits per heavy atom. The number of fused-ring (bicyclic) bond motifs is 1. The predicted molar refractivity (Wildman–Crippen MR) is 141 cm³/mol. The van der Waals surface area contributed by atoms with E-state index in [1.54, 1.807) is 46.9 Å². The van der Waals surface area contributed by atoms with Crippen molar-refractivity contribution in [2.75, 3.05) is 43.1 Å². The molecular formula is C26H38N4O6S. The van der Waals surface area contributed by atoms with Crippen LogP contribution in [0.1, 0.15) is 66.2 Å². The summed E-state index contributed by atoms with van der Waals surface area (Å²) < 4.78 is 46.3. The molecule has 10 nitrogen and oxygen atoms in total. The molecule has 3 heterocycles. The van der Waals surface area contributed by atoms with E-state index in [0.29, 0.717) is 48.4 Å². The largest absolute Gasteiger partial charge is 0.443 e. The van der Waals surface area contributed by atoms with Crippen LogP contribution in [0.2, 0.25) is 0 Å². The molecular weight excluding hydrogens is 496 g/mol. The number of hydrogen-bond donors (Lipinski definition) is 0. The molecule has 0 spiro atoms. The third kappa shape index (κ3) is 4.99. The predicted octanol–water partition coefficient (Wildman–Crippen LogP) is 4.52. The number of sulfonamides is 1. The number of nitrogens with zero attached hydrogens (tertiary/aromatic N) is 4. The molecule has 0 radical (unpaired) electrons. The molecule has 1 aromatic heterocycles. The second kappa shape index (κ2) is 9.34. The quantitative estimate of drug-likeness (QED) is 0.529. The van der Waals surface area contributed by atoms with E-state index in [0.717, 1.165) is 43.1 Å². The number of amides is 1. The van der Waals surface area contributed by atoms with E-state index in [4.69, 9.17) is 14.0 Å². The molecule has 0 N–H and O–H groups in total. The lowest BCUT2D eigenvalue weighted by atomic mass is 10.1. The number of benzene rings is 1. The van der Waals surface area contributed by atoms with Crippen molar-refractivity contribution in [2.45, 2.75) is 88.4 Å². The summed E-state index contributed by atoms with van der Waals surface area (Å²) >= 11 is 0. The number of hydrogen-bond acceptors (Lipinski definition) is 9. The highest BCUT2D eigenvalue weighted by molar-refractivity contribution is 7.89. The summed E-state index contributed by atoms with van der Waals surface area (Å²) in [4.78, 5) is 17.6. The maximum absolute atomic E-state index is 14.2. The van der Waals surface area contributed by atoms with Gasteiger partial charge in [0.2, 0.25) is 0 Å². The summed E-state index contributed by atoms with van der Waals surface area (Å²) in [5.41, 5.74) is -0.389. The standard InChI is InChI=1S/C26H38N4O6S/c1-25(2,3)35-24(31)30(26(4)10-11-26)37(32,33)19-16-20-22(36-27-23(20)29-12-6-7-13-29)21(17-19)28-14-8-18(34-5)9-15-28/h16-18H,6-15H2,1-5H3. The van der Waals surface area contributed by atoms with Crippen LogP contribution < -0.4 is 9.80 Å². The first-order valence-corrected chi connectivity index (χ1v) is 14.6. The van der Waals surface area contributed by atoms with Crippen molar-refractivity contribution in [3.8, 4) is 0 Å². The molecule has 3 fully saturated rings. The number of anilines is 2. The van der Waals surface area contributed by atoms with E-state index in [2.05, 4.69) is 15.0 Å². The normalized spacial score (nSPS) is 20.5. The number of carbonyl (C=O) groups is 1. The van der Waals surface area contributed by atoms with Crippen LogP contribution >= 0.6 is 0 Å². The molecule has 0 atom stereocenters. The van der Waals surface area contributed by atoms with Gasteiger partial charge in [-0.2, -0.15) is 4.31 Å². The van der Waals surface area contributed by atoms with Crippen LogP contribution in [0.3, 0.4) is 0 Å². The average Bonchev–Trinajstić information content (AvgIpc) is 3.22. The summed E-state index contributed by atoms with van der Waals surface area (Å²) in [5.74, 6) is 0.652. The zero-order chi connectivity index (χ0) is 26.6. The molecule has 3 aliphatic rings. The molecule has 0 bridgehead atoms. The summed E-state index contributed by atoms with van der Waals surface area (Å²) in [5, 5.41) is 5.03. The topological polar surface area (TPSA) is 105 Å². The zero-order valence-corrected chi connectivity index (χ0v) is 23.3. The highest BCUT2D eigenvalue weighted by atomic mass is 32.2. The van der Waals surface area contributed by atoms with Gasteiger partial charge in [0.1, 0.15) is 5.60 Å². The fourth-order valence-electron chi connectivity index (χ4n) is 5.26. The third-order valence-electron chi connectivity index (χ3n) is 7.59. The number of aromatic nitrogens is 1. The van der Waals surface area contributed by atoms with Gasteiger partial charge in [-0.1, -0.05) is 5.16 Å². The fraction of sp³-hybridized carbons (Fsp3) is 0.692. The minimum Gasteiger partial charge on any atom is -0.443 e. The number of piperidine rings is 1. The molecule has 1 aromatic carbocycles. The first-order valence-electron chi connectivity index (χ1n) is 13.2. The molecule has 11 heteroatoms. The van der Waals surface area contributed by atoms with E-state index in [-0.39, 0.29) is 11.0 Å². The van der Waals surface area contributed by atoms with Gasteiger partial charge in [-0.05, 0) is 78.4 Å². The smallest absolute Gasteiger partial charge is 0.424 e. The van der Waals surface area contributed by atoms with Gasteiger partial charge in [-0.15, -0.1) is 0 Å². The maximum Gasteiger partial charge on any atom is 0.424 e. The third-order valence-corrected chi connectivity index (χ3v) is 9.49. The minimum atomic E-state index is -4.23. The summed E-state index contributed by atoms with van der Waals surface area (Å²) in [6.07, 6.45) is 4.26. The Kier molecular flexibility index (Phi) is 6.59. The van der Waals surface area contributed by atoms with Crippen molar-refractivity contribution in [3.05, 3.63) is 12.1 Å². The van der Waals surface area contributed by atoms with Gasteiger partial charge in [-0.3, -0.25) is 0 Å². The molecule has 1 saturated carbocycles. The van der Waals surface area contributed by atoms with Crippen LogP contribution in [-0.4, -0.2) is 74.5 Å². The number of methoxy groups -OCH3 is 1. The van der Waals surface area contributed by atoms with E-state index in [9.17, 15) is 13.2 Å². The lowest BCUT2D eigenvalue weighted by Gasteiger charge is -2.34. The molecule has 5 rings (SSSR count). The Balaban J connectivity index is 1.62. The molecule has 1 aliphatic carbocycles. The highest BCUT2D eigenvalue weighted by Crippen LogP contribution is 2.46. The van der Waals surface area contributed by atoms with Gasteiger partial charge < -0.3 is 23.8 Å². The second-order valence-electron chi connectivity index (χ2n) is 11.7.